The molecule has 1 amide bonds. The lowest BCUT2D eigenvalue weighted by Gasteiger charge is -2.28. The molecule has 5 nitrogen and oxygen atoms in total. The molecule has 19 heavy (non-hydrogen) atoms. The second-order valence-electron chi connectivity index (χ2n) is 4.81. The molecule has 102 valence electrons. The lowest BCUT2D eigenvalue weighted by Crippen LogP contribution is -2.45. The molecule has 0 aromatic heterocycles. The Hall–Kier alpha value is -1.88. The van der Waals surface area contributed by atoms with E-state index >= 15 is 0 Å². The van der Waals surface area contributed by atoms with Gasteiger partial charge in [0.25, 0.3) is 5.91 Å². The van der Waals surface area contributed by atoms with Crippen LogP contribution in [0.4, 0.5) is 0 Å². The fourth-order valence-electron chi connectivity index (χ4n) is 2.30. The Morgan fingerprint density at radius 3 is 2.21 bits per heavy atom. The highest BCUT2D eigenvalue weighted by Crippen LogP contribution is 2.18. The van der Waals surface area contributed by atoms with Crippen molar-refractivity contribution < 1.29 is 19.8 Å². The molecular formula is C14H17NO4. The third-order valence-electron chi connectivity index (χ3n) is 3.44. The summed E-state index contributed by atoms with van der Waals surface area (Å²) < 4.78 is 0. The molecule has 0 heterocycles. The quantitative estimate of drug-likeness (QED) is 0.769. The lowest BCUT2D eigenvalue weighted by molar-refractivity contribution is 0.0694. The number of amides is 1. The van der Waals surface area contributed by atoms with E-state index in [-0.39, 0.29) is 17.5 Å². The molecule has 1 aromatic carbocycles. The van der Waals surface area contributed by atoms with Crippen LogP contribution in [0.25, 0.3) is 0 Å². The molecule has 3 N–H and O–H groups in total. The molecule has 0 saturated heterocycles. The predicted molar refractivity (Wildman–Crippen MR) is 69.1 cm³/mol. The van der Waals surface area contributed by atoms with E-state index < -0.39 is 12.1 Å². The molecule has 2 atom stereocenters. The Labute approximate surface area is 111 Å². The van der Waals surface area contributed by atoms with E-state index in [2.05, 4.69) is 5.32 Å². The Bertz CT molecular complexity index is 469. The minimum absolute atomic E-state index is 0.147. The van der Waals surface area contributed by atoms with Crippen LogP contribution in [0.1, 0.15) is 46.4 Å². The largest absolute Gasteiger partial charge is 0.478 e. The molecule has 0 radical (unpaired) electrons. The van der Waals surface area contributed by atoms with Crippen LogP contribution in [0.3, 0.4) is 0 Å². The monoisotopic (exact) mass is 263 g/mol. The molecule has 0 unspecified atom stereocenters. The summed E-state index contributed by atoms with van der Waals surface area (Å²) in [7, 11) is 0. The van der Waals surface area contributed by atoms with Crippen LogP contribution in [-0.2, 0) is 0 Å². The number of nitrogens with one attached hydrogen (secondary N) is 1. The van der Waals surface area contributed by atoms with E-state index in [1.165, 1.54) is 24.3 Å². The van der Waals surface area contributed by atoms with Crippen LogP contribution in [-0.4, -0.2) is 34.2 Å². The standard InChI is InChI=1S/C14H17NO4/c16-12-4-2-1-3-11(12)15-13(17)9-5-7-10(8-6-9)14(18)19/h5-8,11-12,16H,1-4H2,(H,15,17)(H,18,19)/t11-,12-/m1/s1. The minimum Gasteiger partial charge on any atom is -0.478 e. The van der Waals surface area contributed by atoms with Gasteiger partial charge in [0.05, 0.1) is 17.7 Å². The van der Waals surface area contributed by atoms with Gasteiger partial charge >= 0.3 is 5.97 Å². The van der Waals surface area contributed by atoms with Crippen molar-refractivity contribution in [1.82, 2.24) is 5.32 Å². The molecule has 2 rings (SSSR count). The van der Waals surface area contributed by atoms with Crippen LogP contribution in [0.15, 0.2) is 24.3 Å². The van der Waals surface area contributed by atoms with Crippen molar-refractivity contribution in [2.75, 3.05) is 0 Å². The van der Waals surface area contributed by atoms with Gasteiger partial charge in [-0.05, 0) is 37.1 Å². The molecule has 1 aliphatic rings. The SMILES string of the molecule is O=C(O)c1ccc(C(=O)N[C@@H]2CCCC[C@H]2O)cc1. The summed E-state index contributed by atoms with van der Waals surface area (Å²) in [5.74, 6) is -1.29. The average Bonchev–Trinajstić information content (AvgIpc) is 2.41. The number of carboxylic acid groups (broad SMARTS) is 1. The highest BCUT2D eigenvalue weighted by molar-refractivity contribution is 5.96. The van der Waals surface area contributed by atoms with Gasteiger partial charge in [-0.15, -0.1) is 0 Å². The van der Waals surface area contributed by atoms with E-state index in [1.807, 2.05) is 0 Å². The maximum absolute atomic E-state index is 12.0. The number of aliphatic hydroxyl groups is 1. The fraction of sp³-hybridized carbons (Fsp3) is 0.429. The summed E-state index contributed by atoms with van der Waals surface area (Å²) in [6.07, 6.45) is 2.99. The molecule has 1 fully saturated rings. The first-order valence-electron chi connectivity index (χ1n) is 6.40. The summed E-state index contributed by atoms with van der Waals surface area (Å²) in [6.45, 7) is 0. The molecule has 0 spiro atoms. The molecular weight excluding hydrogens is 246 g/mol. The van der Waals surface area contributed by atoms with E-state index in [9.17, 15) is 14.7 Å². The number of hydrogen-bond acceptors (Lipinski definition) is 3. The molecule has 0 bridgehead atoms. The van der Waals surface area contributed by atoms with Gasteiger partial charge < -0.3 is 15.5 Å². The van der Waals surface area contributed by atoms with Gasteiger partial charge in [0.15, 0.2) is 0 Å². The first kappa shape index (κ1) is 13.5. The molecule has 5 heteroatoms. The first-order chi connectivity index (χ1) is 9.08. The molecule has 1 aliphatic carbocycles. The zero-order chi connectivity index (χ0) is 13.8. The van der Waals surface area contributed by atoms with Crippen molar-refractivity contribution in [3.8, 4) is 0 Å². The van der Waals surface area contributed by atoms with Gasteiger partial charge in [-0.2, -0.15) is 0 Å². The third-order valence-corrected chi connectivity index (χ3v) is 3.44. The number of aliphatic hydroxyl groups excluding tert-OH is 1. The number of rotatable bonds is 3. The highest BCUT2D eigenvalue weighted by Gasteiger charge is 2.24. The van der Waals surface area contributed by atoms with Gasteiger partial charge in [-0.1, -0.05) is 12.8 Å². The Balaban J connectivity index is 2.01. The number of carboxylic acids is 1. The van der Waals surface area contributed by atoms with Crippen LogP contribution in [0.5, 0.6) is 0 Å². The molecule has 1 aromatic rings. The highest BCUT2D eigenvalue weighted by atomic mass is 16.4. The molecule has 0 aliphatic heterocycles. The van der Waals surface area contributed by atoms with Crippen molar-refractivity contribution >= 4 is 11.9 Å². The number of carbonyl (C=O) groups excluding carboxylic acids is 1. The number of hydrogen-bond donors (Lipinski definition) is 3. The van der Waals surface area contributed by atoms with Crippen LogP contribution in [0, 0.1) is 0 Å². The van der Waals surface area contributed by atoms with Crippen LogP contribution >= 0.6 is 0 Å². The Morgan fingerprint density at radius 2 is 1.63 bits per heavy atom. The zero-order valence-corrected chi connectivity index (χ0v) is 10.5. The topological polar surface area (TPSA) is 86.6 Å². The Morgan fingerprint density at radius 1 is 1.05 bits per heavy atom. The third kappa shape index (κ3) is 3.32. The number of benzene rings is 1. The second-order valence-corrected chi connectivity index (χ2v) is 4.81. The predicted octanol–water partition coefficient (Wildman–Crippen LogP) is 1.42. The van der Waals surface area contributed by atoms with Crippen molar-refractivity contribution in [3.63, 3.8) is 0 Å². The maximum atomic E-state index is 12.0. The van der Waals surface area contributed by atoms with E-state index in [0.29, 0.717) is 12.0 Å². The van der Waals surface area contributed by atoms with Gasteiger partial charge in [-0.3, -0.25) is 4.79 Å². The summed E-state index contributed by atoms with van der Waals surface area (Å²) in [5.41, 5.74) is 0.553. The fourth-order valence-corrected chi connectivity index (χ4v) is 2.30. The summed E-state index contributed by atoms with van der Waals surface area (Å²) in [5, 5.41) is 21.4. The maximum Gasteiger partial charge on any atom is 0.335 e. The van der Waals surface area contributed by atoms with Crippen molar-refractivity contribution in [3.05, 3.63) is 35.4 Å². The van der Waals surface area contributed by atoms with E-state index in [4.69, 9.17) is 5.11 Å². The summed E-state index contributed by atoms with van der Waals surface area (Å²) >= 11 is 0. The molecule has 1 saturated carbocycles. The van der Waals surface area contributed by atoms with Crippen LogP contribution in [0.2, 0.25) is 0 Å². The minimum atomic E-state index is -1.02. The van der Waals surface area contributed by atoms with E-state index in [1.54, 1.807) is 0 Å². The van der Waals surface area contributed by atoms with Gasteiger partial charge in [0, 0.05) is 5.56 Å². The lowest BCUT2D eigenvalue weighted by atomic mass is 9.92. The van der Waals surface area contributed by atoms with Crippen molar-refractivity contribution in [2.45, 2.75) is 37.8 Å². The number of carbonyl (C=O) groups is 2. The normalized spacial score (nSPS) is 22.8. The van der Waals surface area contributed by atoms with Crippen LogP contribution < -0.4 is 5.32 Å². The van der Waals surface area contributed by atoms with Gasteiger partial charge in [-0.25, -0.2) is 4.79 Å². The van der Waals surface area contributed by atoms with Gasteiger partial charge in [0.2, 0.25) is 0 Å². The first-order valence-corrected chi connectivity index (χ1v) is 6.40. The summed E-state index contributed by atoms with van der Waals surface area (Å²) in [6, 6.07) is 5.55. The van der Waals surface area contributed by atoms with Crippen molar-refractivity contribution in [2.24, 2.45) is 0 Å². The average molecular weight is 263 g/mol. The van der Waals surface area contributed by atoms with Crippen molar-refractivity contribution in [1.29, 1.82) is 0 Å². The summed E-state index contributed by atoms with van der Waals surface area (Å²) in [4.78, 5) is 22.7. The Kier molecular flexibility index (Phi) is 4.16. The number of aromatic carboxylic acids is 1. The van der Waals surface area contributed by atoms with E-state index in [0.717, 1.165) is 19.3 Å². The zero-order valence-electron chi connectivity index (χ0n) is 10.5. The smallest absolute Gasteiger partial charge is 0.335 e. The van der Waals surface area contributed by atoms with Gasteiger partial charge in [0.1, 0.15) is 0 Å². The second kappa shape index (κ2) is 5.84.